The van der Waals surface area contributed by atoms with E-state index < -0.39 is 0 Å². The van der Waals surface area contributed by atoms with Crippen LogP contribution in [0.2, 0.25) is 0 Å². The van der Waals surface area contributed by atoms with Gasteiger partial charge in [-0.2, -0.15) is 0 Å². The molecule has 0 saturated carbocycles. The third-order valence-corrected chi connectivity index (χ3v) is 1.70. The summed E-state index contributed by atoms with van der Waals surface area (Å²) < 4.78 is 4.97. The Balaban J connectivity index is 2.62. The number of furan rings is 1. The van der Waals surface area contributed by atoms with Gasteiger partial charge in [-0.1, -0.05) is 6.08 Å². The summed E-state index contributed by atoms with van der Waals surface area (Å²) in [5.41, 5.74) is 1.17. The summed E-state index contributed by atoms with van der Waals surface area (Å²) in [4.78, 5) is 0. The van der Waals surface area contributed by atoms with Gasteiger partial charge in [0.05, 0.1) is 12.5 Å². The van der Waals surface area contributed by atoms with Crippen molar-refractivity contribution in [1.82, 2.24) is 5.32 Å². The SMILES string of the molecule is C=CCC(NC)c1ccoc1. The van der Waals surface area contributed by atoms with Gasteiger partial charge in [0.15, 0.2) is 0 Å². The van der Waals surface area contributed by atoms with Crippen LogP contribution < -0.4 is 5.32 Å². The normalized spacial score (nSPS) is 12.8. The molecule has 1 aromatic rings. The Labute approximate surface area is 66.9 Å². The topological polar surface area (TPSA) is 25.2 Å². The molecule has 1 aromatic heterocycles. The molecule has 0 aliphatic carbocycles. The molecule has 0 aliphatic rings. The predicted octanol–water partition coefficient (Wildman–Crippen LogP) is 2.12. The second-order valence-electron chi connectivity index (χ2n) is 2.42. The van der Waals surface area contributed by atoms with E-state index in [0.29, 0.717) is 6.04 Å². The van der Waals surface area contributed by atoms with Crippen molar-refractivity contribution in [2.75, 3.05) is 7.05 Å². The van der Waals surface area contributed by atoms with Gasteiger partial charge in [0.2, 0.25) is 0 Å². The van der Waals surface area contributed by atoms with Crippen molar-refractivity contribution < 1.29 is 4.42 Å². The average Bonchev–Trinajstić information content (AvgIpc) is 2.52. The zero-order valence-corrected chi connectivity index (χ0v) is 6.71. The highest BCUT2D eigenvalue weighted by Crippen LogP contribution is 2.16. The molecule has 0 spiro atoms. The lowest BCUT2D eigenvalue weighted by molar-refractivity contribution is 0.545. The molecule has 2 heteroatoms. The molecule has 1 rings (SSSR count). The summed E-state index contributed by atoms with van der Waals surface area (Å²) >= 11 is 0. The highest BCUT2D eigenvalue weighted by atomic mass is 16.3. The summed E-state index contributed by atoms with van der Waals surface area (Å²) in [5, 5.41) is 3.17. The van der Waals surface area contributed by atoms with Crippen molar-refractivity contribution in [3.8, 4) is 0 Å². The molecular weight excluding hydrogens is 138 g/mol. The summed E-state index contributed by atoms with van der Waals surface area (Å²) in [7, 11) is 1.93. The van der Waals surface area contributed by atoms with Gasteiger partial charge in [-0.15, -0.1) is 6.58 Å². The van der Waals surface area contributed by atoms with E-state index in [-0.39, 0.29) is 0 Å². The molecule has 0 fully saturated rings. The largest absolute Gasteiger partial charge is 0.472 e. The molecular formula is C9H13NO. The van der Waals surface area contributed by atoms with Crippen molar-refractivity contribution in [2.24, 2.45) is 0 Å². The van der Waals surface area contributed by atoms with Crippen LogP contribution in [-0.2, 0) is 0 Å². The standard InChI is InChI=1S/C9H13NO/c1-3-4-9(10-2)8-5-6-11-7-8/h3,5-7,9-10H,1,4H2,2H3. The van der Waals surface area contributed by atoms with Crippen molar-refractivity contribution in [1.29, 1.82) is 0 Å². The van der Waals surface area contributed by atoms with E-state index in [2.05, 4.69) is 11.9 Å². The number of nitrogens with one attached hydrogen (secondary N) is 1. The minimum Gasteiger partial charge on any atom is -0.472 e. The van der Waals surface area contributed by atoms with Crippen LogP contribution in [0.1, 0.15) is 18.0 Å². The van der Waals surface area contributed by atoms with E-state index in [0.717, 1.165) is 6.42 Å². The second-order valence-corrected chi connectivity index (χ2v) is 2.42. The lowest BCUT2D eigenvalue weighted by atomic mass is 10.1. The lowest BCUT2D eigenvalue weighted by Crippen LogP contribution is -2.14. The first-order valence-corrected chi connectivity index (χ1v) is 3.68. The van der Waals surface area contributed by atoms with Gasteiger partial charge in [0.25, 0.3) is 0 Å². The van der Waals surface area contributed by atoms with E-state index in [1.165, 1.54) is 5.56 Å². The number of rotatable bonds is 4. The van der Waals surface area contributed by atoms with Crippen molar-refractivity contribution >= 4 is 0 Å². The minimum atomic E-state index is 0.339. The molecule has 1 unspecified atom stereocenters. The predicted molar refractivity (Wildman–Crippen MR) is 45.3 cm³/mol. The highest BCUT2D eigenvalue weighted by molar-refractivity contribution is 5.12. The third-order valence-electron chi connectivity index (χ3n) is 1.70. The van der Waals surface area contributed by atoms with Gasteiger partial charge in [-0.25, -0.2) is 0 Å². The van der Waals surface area contributed by atoms with Crippen LogP contribution in [0.25, 0.3) is 0 Å². The van der Waals surface area contributed by atoms with E-state index in [9.17, 15) is 0 Å². The fraction of sp³-hybridized carbons (Fsp3) is 0.333. The Morgan fingerprint density at radius 3 is 3.09 bits per heavy atom. The smallest absolute Gasteiger partial charge is 0.0950 e. The molecule has 1 N–H and O–H groups in total. The molecule has 1 heterocycles. The molecule has 1 atom stereocenters. The molecule has 2 nitrogen and oxygen atoms in total. The van der Waals surface area contributed by atoms with E-state index in [4.69, 9.17) is 4.42 Å². The Morgan fingerprint density at radius 1 is 1.82 bits per heavy atom. The minimum absolute atomic E-state index is 0.339. The van der Waals surface area contributed by atoms with E-state index in [1.807, 2.05) is 19.2 Å². The van der Waals surface area contributed by atoms with E-state index in [1.54, 1.807) is 12.5 Å². The monoisotopic (exact) mass is 151 g/mol. The van der Waals surface area contributed by atoms with Crippen LogP contribution >= 0.6 is 0 Å². The van der Waals surface area contributed by atoms with Crippen LogP contribution in [0.5, 0.6) is 0 Å². The second kappa shape index (κ2) is 3.98. The fourth-order valence-electron chi connectivity index (χ4n) is 1.06. The molecule has 0 aromatic carbocycles. The van der Waals surface area contributed by atoms with Crippen LogP contribution in [0.4, 0.5) is 0 Å². The zero-order chi connectivity index (χ0) is 8.10. The molecule has 0 saturated heterocycles. The van der Waals surface area contributed by atoms with Crippen LogP contribution in [-0.4, -0.2) is 7.05 Å². The Hall–Kier alpha value is -1.02. The maximum Gasteiger partial charge on any atom is 0.0950 e. The Kier molecular flexibility index (Phi) is 2.93. The molecule has 0 amide bonds. The fourth-order valence-corrected chi connectivity index (χ4v) is 1.06. The van der Waals surface area contributed by atoms with Gasteiger partial charge in [0.1, 0.15) is 0 Å². The van der Waals surface area contributed by atoms with Crippen molar-refractivity contribution in [3.63, 3.8) is 0 Å². The first-order valence-electron chi connectivity index (χ1n) is 3.68. The van der Waals surface area contributed by atoms with Gasteiger partial charge < -0.3 is 9.73 Å². The average molecular weight is 151 g/mol. The first kappa shape index (κ1) is 8.08. The molecule has 0 aliphatic heterocycles. The molecule has 0 radical (unpaired) electrons. The Bertz CT molecular complexity index is 203. The zero-order valence-electron chi connectivity index (χ0n) is 6.71. The van der Waals surface area contributed by atoms with Crippen LogP contribution in [0, 0.1) is 0 Å². The van der Waals surface area contributed by atoms with Gasteiger partial charge in [-0.3, -0.25) is 0 Å². The molecule has 11 heavy (non-hydrogen) atoms. The first-order chi connectivity index (χ1) is 5.38. The molecule has 0 bridgehead atoms. The maximum absolute atomic E-state index is 4.97. The summed E-state index contributed by atoms with van der Waals surface area (Å²) in [6, 6.07) is 2.30. The molecule has 60 valence electrons. The number of hydrogen-bond acceptors (Lipinski definition) is 2. The third kappa shape index (κ3) is 1.95. The van der Waals surface area contributed by atoms with Crippen LogP contribution in [0.3, 0.4) is 0 Å². The quantitative estimate of drug-likeness (QED) is 0.667. The van der Waals surface area contributed by atoms with Crippen molar-refractivity contribution in [3.05, 3.63) is 36.8 Å². The summed E-state index contributed by atoms with van der Waals surface area (Å²) in [6.45, 7) is 3.69. The Morgan fingerprint density at radius 2 is 2.64 bits per heavy atom. The number of hydrogen-bond donors (Lipinski definition) is 1. The summed E-state index contributed by atoms with van der Waals surface area (Å²) in [5.74, 6) is 0. The van der Waals surface area contributed by atoms with Crippen molar-refractivity contribution in [2.45, 2.75) is 12.5 Å². The van der Waals surface area contributed by atoms with Gasteiger partial charge in [0, 0.05) is 11.6 Å². The van der Waals surface area contributed by atoms with Crippen LogP contribution in [0.15, 0.2) is 35.7 Å². The van der Waals surface area contributed by atoms with Gasteiger partial charge in [-0.05, 0) is 19.5 Å². The summed E-state index contributed by atoms with van der Waals surface area (Å²) in [6.07, 6.45) is 6.26. The van der Waals surface area contributed by atoms with Gasteiger partial charge >= 0.3 is 0 Å². The van der Waals surface area contributed by atoms with E-state index >= 15 is 0 Å². The lowest BCUT2D eigenvalue weighted by Gasteiger charge is -2.10. The maximum atomic E-state index is 4.97. The highest BCUT2D eigenvalue weighted by Gasteiger charge is 2.06.